The Kier molecular flexibility index (Phi) is 5.21. The number of benzene rings is 1. The van der Waals surface area contributed by atoms with Gasteiger partial charge in [0.05, 0.1) is 47.7 Å². The number of nitrogens with one attached hydrogen (secondary N) is 1. The van der Waals surface area contributed by atoms with Crippen LogP contribution in [0, 0.1) is 13.8 Å². The zero-order valence-corrected chi connectivity index (χ0v) is 17.6. The number of imidazole rings is 1. The number of aromatic amines is 1. The van der Waals surface area contributed by atoms with E-state index >= 15 is 0 Å². The van der Waals surface area contributed by atoms with Crippen LogP contribution in [0.15, 0.2) is 64.2 Å². The standard InChI is InChI=1S/C23H23N5O3/c1-5-6-7-8-15(24)12-28-22-16-10-20(30-4)17(21-13(2)27-31-14(21)3)9-18(16)25-11-19(22)26-23(28)29/h5-11H,1,12,24H2,2-4H3,(H,26,29)/b7-6-,15-8-. The van der Waals surface area contributed by atoms with Crippen LogP contribution in [-0.4, -0.2) is 26.8 Å². The number of rotatable bonds is 6. The number of nitrogens with two attached hydrogens (primary N) is 1. The number of ether oxygens (including phenoxy) is 1. The summed E-state index contributed by atoms with van der Waals surface area (Å²) in [6.45, 7) is 7.60. The molecule has 1 aromatic carbocycles. The number of aryl methyl sites for hydroxylation is 2. The van der Waals surface area contributed by atoms with Crippen LogP contribution in [0.25, 0.3) is 33.1 Å². The van der Waals surface area contributed by atoms with Crippen LogP contribution in [0.1, 0.15) is 11.5 Å². The third-order valence-electron chi connectivity index (χ3n) is 5.12. The Balaban J connectivity index is 1.95. The van der Waals surface area contributed by atoms with Crippen molar-refractivity contribution in [2.75, 3.05) is 7.11 Å². The van der Waals surface area contributed by atoms with Gasteiger partial charge in [0.25, 0.3) is 0 Å². The van der Waals surface area contributed by atoms with Crippen molar-refractivity contribution in [1.82, 2.24) is 19.7 Å². The van der Waals surface area contributed by atoms with Crippen molar-refractivity contribution in [3.05, 3.63) is 76.8 Å². The smallest absolute Gasteiger partial charge is 0.326 e. The van der Waals surface area contributed by atoms with Crippen molar-refractivity contribution in [3.63, 3.8) is 0 Å². The fourth-order valence-electron chi connectivity index (χ4n) is 3.75. The number of methoxy groups -OCH3 is 1. The van der Waals surface area contributed by atoms with Crippen LogP contribution in [0.2, 0.25) is 0 Å². The Morgan fingerprint density at radius 2 is 2.16 bits per heavy atom. The normalized spacial score (nSPS) is 12.3. The third-order valence-corrected chi connectivity index (χ3v) is 5.12. The van der Waals surface area contributed by atoms with E-state index in [9.17, 15) is 4.79 Å². The summed E-state index contributed by atoms with van der Waals surface area (Å²) in [5, 5.41) is 4.82. The molecule has 8 nitrogen and oxygen atoms in total. The van der Waals surface area contributed by atoms with Gasteiger partial charge in [-0.1, -0.05) is 30.0 Å². The molecule has 3 heterocycles. The van der Waals surface area contributed by atoms with Crippen LogP contribution < -0.4 is 16.2 Å². The van der Waals surface area contributed by atoms with E-state index < -0.39 is 0 Å². The molecule has 0 unspecified atom stereocenters. The van der Waals surface area contributed by atoms with Crippen molar-refractivity contribution in [1.29, 1.82) is 0 Å². The Morgan fingerprint density at radius 3 is 2.84 bits per heavy atom. The van der Waals surface area contributed by atoms with Gasteiger partial charge in [0, 0.05) is 16.6 Å². The van der Waals surface area contributed by atoms with Crippen molar-refractivity contribution >= 4 is 21.9 Å². The van der Waals surface area contributed by atoms with Crippen LogP contribution in [0.4, 0.5) is 0 Å². The summed E-state index contributed by atoms with van der Waals surface area (Å²) in [7, 11) is 1.60. The van der Waals surface area contributed by atoms with Gasteiger partial charge >= 0.3 is 5.69 Å². The maximum atomic E-state index is 12.7. The van der Waals surface area contributed by atoms with Gasteiger partial charge in [-0.2, -0.15) is 0 Å². The number of allylic oxidation sites excluding steroid dienone is 5. The highest BCUT2D eigenvalue weighted by atomic mass is 16.5. The lowest BCUT2D eigenvalue weighted by Gasteiger charge is -2.12. The molecule has 0 saturated carbocycles. The van der Waals surface area contributed by atoms with E-state index in [1.54, 1.807) is 42.2 Å². The molecular formula is C23H23N5O3. The van der Waals surface area contributed by atoms with Crippen LogP contribution in [0.3, 0.4) is 0 Å². The number of pyridine rings is 1. The molecule has 0 aliphatic carbocycles. The molecule has 4 aromatic rings. The first-order chi connectivity index (χ1) is 14.9. The van der Waals surface area contributed by atoms with Gasteiger partial charge in [-0.05, 0) is 32.1 Å². The minimum absolute atomic E-state index is 0.230. The molecule has 0 saturated heterocycles. The second kappa shape index (κ2) is 7.98. The van der Waals surface area contributed by atoms with E-state index in [1.165, 1.54) is 0 Å². The Bertz CT molecular complexity index is 1400. The molecular weight excluding hydrogens is 394 g/mol. The molecule has 31 heavy (non-hydrogen) atoms. The van der Waals surface area contributed by atoms with Crippen molar-refractivity contribution < 1.29 is 9.26 Å². The van der Waals surface area contributed by atoms with Crippen LogP contribution >= 0.6 is 0 Å². The number of hydrogen-bond acceptors (Lipinski definition) is 6. The third kappa shape index (κ3) is 3.52. The second-order valence-electron chi connectivity index (χ2n) is 7.17. The average molecular weight is 417 g/mol. The number of fused-ring (bicyclic) bond motifs is 3. The van der Waals surface area contributed by atoms with Crippen molar-refractivity contribution in [3.8, 4) is 16.9 Å². The van der Waals surface area contributed by atoms with Gasteiger partial charge < -0.3 is 20.0 Å². The van der Waals surface area contributed by atoms with Gasteiger partial charge in [0.1, 0.15) is 11.5 Å². The fraction of sp³-hybridized carbons (Fsp3) is 0.174. The Morgan fingerprint density at radius 1 is 1.35 bits per heavy atom. The van der Waals surface area contributed by atoms with Crippen molar-refractivity contribution in [2.24, 2.45) is 5.73 Å². The highest BCUT2D eigenvalue weighted by Gasteiger charge is 2.19. The molecule has 0 amide bonds. The molecule has 0 spiro atoms. The molecule has 4 rings (SSSR count). The monoisotopic (exact) mass is 417 g/mol. The molecule has 8 heteroatoms. The number of aromatic nitrogens is 4. The predicted molar refractivity (Wildman–Crippen MR) is 121 cm³/mol. The molecule has 0 radical (unpaired) electrons. The SMILES string of the molecule is C=C/C=C\C=C(/N)Cn1c(=O)[nH]c2cnc3cc(-c4c(C)noc4C)c(OC)cc3c21. The first-order valence-corrected chi connectivity index (χ1v) is 9.70. The molecule has 0 aliphatic rings. The maximum Gasteiger partial charge on any atom is 0.326 e. The molecule has 0 aliphatic heterocycles. The Hall–Kier alpha value is -4.07. The van der Waals surface area contributed by atoms with Crippen molar-refractivity contribution in [2.45, 2.75) is 20.4 Å². The van der Waals surface area contributed by atoms with E-state index in [0.717, 1.165) is 22.2 Å². The number of hydrogen-bond donors (Lipinski definition) is 2. The van der Waals surface area contributed by atoms with E-state index in [4.69, 9.17) is 15.0 Å². The van der Waals surface area contributed by atoms with E-state index in [-0.39, 0.29) is 12.2 Å². The van der Waals surface area contributed by atoms with Gasteiger partial charge in [-0.15, -0.1) is 0 Å². The lowest BCUT2D eigenvalue weighted by Crippen LogP contribution is -2.20. The van der Waals surface area contributed by atoms with Gasteiger partial charge in [-0.3, -0.25) is 9.55 Å². The van der Waals surface area contributed by atoms with E-state index in [2.05, 4.69) is 21.7 Å². The summed E-state index contributed by atoms with van der Waals surface area (Å²) in [5.74, 6) is 1.33. The second-order valence-corrected chi connectivity index (χ2v) is 7.17. The van der Waals surface area contributed by atoms with Gasteiger partial charge in [0.15, 0.2) is 0 Å². The highest BCUT2D eigenvalue weighted by Crippen LogP contribution is 2.38. The predicted octanol–water partition coefficient (Wildman–Crippen LogP) is 3.74. The minimum atomic E-state index is -0.262. The van der Waals surface area contributed by atoms with E-state index in [0.29, 0.717) is 33.8 Å². The lowest BCUT2D eigenvalue weighted by molar-refractivity contribution is 0.393. The first kappa shape index (κ1) is 20.2. The fourth-order valence-corrected chi connectivity index (χ4v) is 3.75. The van der Waals surface area contributed by atoms with Gasteiger partial charge in [0.2, 0.25) is 0 Å². The summed E-state index contributed by atoms with van der Waals surface area (Å²) in [6.07, 6.45) is 8.60. The zero-order valence-electron chi connectivity index (χ0n) is 17.6. The molecule has 0 atom stereocenters. The quantitative estimate of drug-likeness (QED) is 0.462. The van der Waals surface area contributed by atoms with Gasteiger partial charge in [-0.25, -0.2) is 4.79 Å². The van der Waals surface area contributed by atoms with Crippen LogP contribution in [0.5, 0.6) is 5.75 Å². The molecule has 3 N–H and O–H groups in total. The topological polar surface area (TPSA) is 112 Å². The summed E-state index contributed by atoms with van der Waals surface area (Å²) in [4.78, 5) is 20.1. The largest absolute Gasteiger partial charge is 0.496 e. The summed E-state index contributed by atoms with van der Waals surface area (Å²) in [6, 6.07) is 3.81. The number of nitrogens with zero attached hydrogens (tertiary/aromatic N) is 3. The molecule has 158 valence electrons. The molecule has 3 aromatic heterocycles. The lowest BCUT2D eigenvalue weighted by atomic mass is 10.0. The summed E-state index contributed by atoms with van der Waals surface area (Å²) in [5.41, 5.74) is 10.9. The summed E-state index contributed by atoms with van der Waals surface area (Å²) >= 11 is 0. The average Bonchev–Trinajstić information content (AvgIpc) is 3.25. The van der Waals surface area contributed by atoms with Crippen LogP contribution in [-0.2, 0) is 6.54 Å². The highest BCUT2D eigenvalue weighted by molar-refractivity contribution is 6.04. The molecule has 0 fully saturated rings. The van der Waals surface area contributed by atoms with E-state index in [1.807, 2.05) is 26.0 Å². The summed E-state index contributed by atoms with van der Waals surface area (Å²) < 4.78 is 12.6. The Labute approximate surface area is 178 Å². The first-order valence-electron chi connectivity index (χ1n) is 9.70. The maximum absolute atomic E-state index is 12.7. The zero-order chi connectivity index (χ0) is 22.1. The minimum Gasteiger partial charge on any atom is -0.496 e. The number of H-pyrrole nitrogens is 1. The molecule has 0 bridgehead atoms.